The summed E-state index contributed by atoms with van der Waals surface area (Å²) in [5.41, 5.74) is 0.562. The molecule has 0 radical (unpaired) electrons. The van der Waals surface area contributed by atoms with E-state index in [0.717, 1.165) is 19.1 Å². The van der Waals surface area contributed by atoms with Gasteiger partial charge in [0.05, 0.1) is 13.7 Å². The van der Waals surface area contributed by atoms with E-state index in [1.54, 1.807) is 19.2 Å². The fourth-order valence-electron chi connectivity index (χ4n) is 1.24. The Balaban J connectivity index is 2.91. The second-order valence-corrected chi connectivity index (χ2v) is 4.20. The van der Waals surface area contributed by atoms with E-state index in [2.05, 4.69) is 22.9 Å². The van der Waals surface area contributed by atoms with Gasteiger partial charge in [0.15, 0.2) is 17.8 Å². The van der Waals surface area contributed by atoms with Crippen molar-refractivity contribution in [3.05, 3.63) is 22.2 Å². The van der Waals surface area contributed by atoms with Crippen LogP contribution in [0, 0.1) is 0 Å². The molecule has 0 unspecified atom stereocenters. The molecular weight excluding hydrogens is 272 g/mol. The summed E-state index contributed by atoms with van der Waals surface area (Å²) in [7, 11) is 1.58. The average Bonchev–Trinajstić information content (AvgIpc) is 2.30. The standard InChI is InChI=1S/C12H15BrO3/c1-3-4-5-16-12-6-9(8-14)10(13)7-11(12)15-2/h6-8H,3-5H2,1-2H3. The molecule has 3 nitrogen and oxygen atoms in total. The monoisotopic (exact) mass is 286 g/mol. The van der Waals surface area contributed by atoms with Crippen molar-refractivity contribution in [3.8, 4) is 11.5 Å². The summed E-state index contributed by atoms with van der Waals surface area (Å²) in [5.74, 6) is 1.25. The van der Waals surface area contributed by atoms with Gasteiger partial charge in [0.1, 0.15) is 0 Å². The summed E-state index contributed by atoms with van der Waals surface area (Å²) in [6.07, 6.45) is 2.84. The van der Waals surface area contributed by atoms with Crippen LogP contribution in [-0.4, -0.2) is 20.0 Å². The van der Waals surface area contributed by atoms with Crippen LogP contribution >= 0.6 is 15.9 Å². The van der Waals surface area contributed by atoms with Crippen LogP contribution in [0.2, 0.25) is 0 Å². The molecule has 1 aromatic rings. The van der Waals surface area contributed by atoms with Crippen LogP contribution < -0.4 is 9.47 Å². The predicted molar refractivity (Wildman–Crippen MR) is 66.5 cm³/mol. The minimum atomic E-state index is 0.562. The van der Waals surface area contributed by atoms with Crippen molar-refractivity contribution in [1.82, 2.24) is 0 Å². The maximum atomic E-state index is 10.8. The quantitative estimate of drug-likeness (QED) is 0.594. The summed E-state index contributed by atoms with van der Waals surface area (Å²) in [4.78, 5) is 10.8. The number of rotatable bonds is 6. The van der Waals surface area contributed by atoms with Crippen molar-refractivity contribution in [3.63, 3.8) is 0 Å². The molecular formula is C12H15BrO3. The number of ether oxygens (including phenoxy) is 2. The highest BCUT2D eigenvalue weighted by Gasteiger charge is 2.09. The van der Waals surface area contributed by atoms with E-state index < -0.39 is 0 Å². The first-order valence-corrected chi connectivity index (χ1v) is 5.97. The van der Waals surface area contributed by atoms with Crippen LogP contribution in [0.25, 0.3) is 0 Å². The molecule has 1 rings (SSSR count). The summed E-state index contributed by atoms with van der Waals surface area (Å²) >= 11 is 3.30. The van der Waals surface area contributed by atoms with Gasteiger partial charge in [-0.2, -0.15) is 0 Å². The van der Waals surface area contributed by atoms with Crippen LogP contribution in [0.15, 0.2) is 16.6 Å². The van der Waals surface area contributed by atoms with Crippen molar-refractivity contribution in [2.24, 2.45) is 0 Å². The second-order valence-electron chi connectivity index (χ2n) is 3.34. The minimum absolute atomic E-state index is 0.562. The molecule has 0 aliphatic rings. The van der Waals surface area contributed by atoms with Crippen LogP contribution in [0.1, 0.15) is 30.1 Å². The zero-order valence-corrected chi connectivity index (χ0v) is 11.0. The lowest BCUT2D eigenvalue weighted by atomic mass is 10.2. The lowest BCUT2D eigenvalue weighted by molar-refractivity contribution is 0.112. The molecule has 0 fully saturated rings. The third kappa shape index (κ3) is 3.23. The SMILES string of the molecule is CCCCOc1cc(C=O)c(Br)cc1OC. The van der Waals surface area contributed by atoms with Gasteiger partial charge in [-0.05, 0) is 34.5 Å². The number of benzene rings is 1. The zero-order chi connectivity index (χ0) is 12.0. The number of carbonyl (C=O) groups is 1. The maximum absolute atomic E-state index is 10.8. The van der Waals surface area contributed by atoms with Gasteiger partial charge in [0, 0.05) is 10.0 Å². The largest absolute Gasteiger partial charge is 0.493 e. The Bertz CT molecular complexity index is 364. The summed E-state index contributed by atoms with van der Waals surface area (Å²) in [6, 6.07) is 3.43. The van der Waals surface area contributed by atoms with Crippen molar-refractivity contribution in [2.45, 2.75) is 19.8 Å². The van der Waals surface area contributed by atoms with Gasteiger partial charge >= 0.3 is 0 Å². The lowest BCUT2D eigenvalue weighted by Gasteiger charge is -2.11. The Hall–Kier alpha value is -1.03. The summed E-state index contributed by atoms with van der Waals surface area (Å²) in [6.45, 7) is 2.73. The molecule has 0 aromatic heterocycles. The Labute approximate surface area is 104 Å². The molecule has 0 bridgehead atoms. The fourth-order valence-corrected chi connectivity index (χ4v) is 1.66. The van der Waals surface area contributed by atoms with Crippen LogP contribution in [0.4, 0.5) is 0 Å². The Morgan fingerprint density at radius 3 is 2.69 bits per heavy atom. The van der Waals surface area contributed by atoms with Gasteiger partial charge in [-0.3, -0.25) is 4.79 Å². The summed E-state index contributed by atoms with van der Waals surface area (Å²) in [5, 5.41) is 0. The number of unbranched alkanes of at least 4 members (excludes halogenated alkanes) is 1. The van der Waals surface area contributed by atoms with Gasteiger partial charge < -0.3 is 9.47 Å². The number of hydrogen-bond acceptors (Lipinski definition) is 3. The molecule has 1 aromatic carbocycles. The van der Waals surface area contributed by atoms with E-state index in [1.165, 1.54) is 0 Å². The molecule has 0 aliphatic heterocycles. The van der Waals surface area contributed by atoms with Gasteiger partial charge in [-0.25, -0.2) is 0 Å². The molecule has 0 saturated heterocycles. The smallest absolute Gasteiger partial charge is 0.161 e. The normalized spacial score (nSPS) is 9.94. The maximum Gasteiger partial charge on any atom is 0.161 e. The van der Waals surface area contributed by atoms with Crippen molar-refractivity contribution < 1.29 is 14.3 Å². The molecule has 0 spiro atoms. The minimum Gasteiger partial charge on any atom is -0.493 e. The van der Waals surface area contributed by atoms with E-state index in [4.69, 9.17) is 9.47 Å². The van der Waals surface area contributed by atoms with Crippen LogP contribution in [0.5, 0.6) is 11.5 Å². The molecule has 0 amide bonds. The highest BCUT2D eigenvalue weighted by atomic mass is 79.9. The van der Waals surface area contributed by atoms with Gasteiger partial charge in [-0.1, -0.05) is 13.3 Å². The second kappa shape index (κ2) is 6.53. The summed E-state index contributed by atoms with van der Waals surface area (Å²) < 4.78 is 11.5. The van der Waals surface area contributed by atoms with Crippen molar-refractivity contribution in [2.75, 3.05) is 13.7 Å². The Kier molecular flexibility index (Phi) is 5.32. The van der Waals surface area contributed by atoms with Crippen molar-refractivity contribution in [1.29, 1.82) is 0 Å². The molecule has 0 atom stereocenters. The average molecular weight is 287 g/mol. The van der Waals surface area contributed by atoms with Gasteiger partial charge in [-0.15, -0.1) is 0 Å². The van der Waals surface area contributed by atoms with E-state index in [-0.39, 0.29) is 0 Å². The third-order valence-corrected chi connectivity index (χ3v) is 2.85. The molecule has 4 heteroatoms. The first kappa shape index (κ1) is 13.0. The first-order chi connectivity index (χ1) is 7.72. The molecule has 16 heavy (non-hydrogen) atoms. The number of hydrogen-bond donors (Lipinski definition) is 0. The highest BCUT2D eigenvalue weighted by Crippen LogP contribution is 2.32. The molecule has 0 N–H and O–H groups in total. The van der Waals surface area contributed by atoms with E-state index in [1.807, 2.05) is 0 Å². The molecule has 0 saturated carbocycles. The third-order valence-electron chi connectivity index (χ3n) is 2.17. The number of aldehydes is 1. The number of methoxy groups -OCH3 is 1. The topological polar surface area (TPSA) is 35.5 Å². The number of carbonyl (C=O) groups excluding carboxylic acids is 1. The van der Waals surface area contributed by atoms with Gasteiger partial charge in [0.25, 0.3) is 0 Å². The fraction of sp³-hybridized carbons (Fsp3) is 0.417. The van der Waals surface area contributed by atoms with E-state index in [9.17, 15) is 4.79 Å². The van der Waals surface area contributed by atoms with Crippen LogP contribution in [-0.2, 0) is 0 Å². The Morgan fingerprint density at radius 1 is 1.38 bits per heavy atom. The molecule has 0 heterocycles. The zero-order valence-electron chi connectivity index (χ0n) is 9.46. The molecule has 0 aliphatic carbocycles. The molecule has 88 valence electrons. The first-order valence-electron chi connectivity index (χ1n) is 5.18. The van der Waals surface area contributed by atoms with Crippen LogP contribution in [0.3, 0.4) is 0 Å². The predicted octanol–water partition coefficient (Wildman–Crippen LogP) is 3.45. The van der Waals surface area contributed by atoms with E-state index >= 15 is 0 Å². The van der Waals surface area contributed by atoms with Gasteiger partial charge in [0.2, 0.25) is 0 Å². The van der Waals surface area contributed by atoms with Crippen molar-refractivity contribution >= 4 is 22.2 Å². The Morgan fingerprint density at radius 2 is 2.12 bits per heavy atom. The lowest BCUT2D eigenvalue weighted by Crippen LogP contribution is -2.00. The number of halogens is 1. The highest BCUT2D eigenvalue weighted by molar-refractivity contribution is 9.10. The van der Waals surface area contributed by atoms with E-state index in [0.29, 0.717) is 28.1 Å².